The zero-order chi connectivity index (χ0) is 18.6. The molecule has 140 valence electrons. The molecular weight excluding hydrogens is 345 g/mol. The number of rotatable bonds is 6. The Morgan fingerprint density at radius 1 is 1.32 bits per heavy atom. The molecule has 0 spiro atoms. The molecule has 3 N–H and O–H groups in total. The van der Waals surface area contributed by atoms with E-state index in [9.17, 15) is 17.6 Å². The number of likely N-dealkylation sites (tertiary alicyclic amines) is 1. The van der Waals surface area contributed by atoms with Crippen LogP contribution in [0.2, 0.25) is 0 Å². The molecule has 0 aromatic heterocycles. The minimum absolute atomic E-state index is 0.263. The van der Waals surface area contributed by atoms with Crippen LogP contribution in [0.5, 0.6) is 0 Å². The van der Waals surface area contributed by atoms with Crippen molar-refractivity contribution in [3.63, 3.8) is 0 Å². The maximum absolute atomic E-state index is 13.8. The third-order valence-electron chi connectivity index (χ3n) is 4.60. The Hall–Kier alpha value is -1.51. The van der Waals surface area contributed by atoms with Crippen molar-refractivity contribution in [3.8, 4) is 0 Å². The molecule has 0 bridgehead atoms. The third kappa shape index (κ3) is 4.77. The van der Waals surface area contributed by atoms with Crippen molar-refractivity contribution in [2.24, 2.45) is 17.6 Å². The normalized spacial score (nSPS) is 17.7. The Balaban J connectivity index is 2.16. The molecule has 25 heavy (non-hydrogen) atoms. The summed E-state index contributed by atoms with van der Waals surface area (Å²) in [5.74, 6) is -0.975. The molecular formula is C17H26FN3O3S. The number of benzene rings is 1. The Morgan fingerprint density at radius 3 is 2.44 bits per heavy atom. The average molecular weight is 371 g/mol. The number of nitrogens with one attached hydrogen (secondary N) is 1. The largest absolute Gasteiger partial charge is 0.341 e. The molecule has 1 aromatic carbocycles. The second-order valence-corrected chi connectivity index (χ2v) is 8.46. The fourth-order valence-corrected chi connectivity index (χ4v) is 4.37. The number of hydrogen-bond acceptors (Lipinski definition) is 4. The van der Waals surface area contributed by atoms with Gasteiger partial charge in [-0.2, -0.15) is 4.72 Å². The number of carbonyl (C=O) groups excluding carboxylic acids is 1. The highest BCUT2D eigenvalue weighted by atomic mass is 32.2. The lowest BCUT2D eigenvalue weighted by Crippen LogP contribution is -2.53. The van der Waals surface area contributed by atoms with Crippen molar-refractivity contribution in [3.05, 3.63) is 30.1 Å². The molecule has 1 aliphatic rings. The van der Waals surface area contributed by atoms with Crippen LogP contribution in [-0.4, -0.2) is 44.9 Å². The van der Waals surface area contributed by atoms with Gasteiger partial charge < -0.3 is 10.6 Å². The summed E-state index contributed by atoms with van der Waals surface area (Å²) in [5.41, 5.74) is 5.66. The molecule has 2 rings (SSSR count). The van der Waals surface area contributed by atoms with E-state index in [0.29, 0.717) is 25.6 Å². The van der Waals surface area contributed by atoms with Gasteiger partial charge in [-0.1, -0.05) is 26.0 Å². The lowest BCUT2D eigenvalue weighted by Gasteiger charge is -2.35. The second-order valence-electron chi connectivity index (χ2n) is 6.78. The van der Waals surface area contributed by atoms with Crippen LogP contribution in [0.25, 0.3) is 0 Å². The first kappa shape index (κ1) is 19.8. The van der Waals surface area contributed by atoms with Crippen LogP contribution in [0.1, 0.15) is 26.7 Å². The van der Waals surface area contributed by atoms with Crippen molar-refractivity contribution in [2.75, 3.05) is 19.6 Å². The number of sulfonamides is 1. The van der Waals surface area contributed by atoms with Crippen LogP contribution in [-0.2, 0) is 14.8 Å². The van der Waals surface area contributed by atoms with Crippen LogP contribution >= 0.6 is 0 Å². The third-order valence-corrected chi connectivity index (χ3v) is 6.07. The predicted molar refractivity (Wildman–Crippen MR) is 93.7 cm³/mol. The van der Waals surface area contributed by atoms with Crippen molar-refractivity contribution >= 4 is 15.9 Å². The highest BCUT2D eigenvalue weighted by Gasteiger charge is 2.33. The Labute approximate surface area is 148 Å². The van der Waals surface area contributed by atoms with Gasteiger partial charge in [0.1, 0.15) is 16.8 Å². The number of nitrogens with zero attached hydrogens (tertiary/aromatic N) is 1. The summed E-state index contributed by atoms with van der Waals surface area (Å²) < 4.78 is 41.3. The van der Waals surface area contributed by atoms with E-state index in [1.165, 1.54) is 18.2 Å². The smallest absolute Gasteiger partial charge is 0.244 e. The maximum atomic E-state index is 13.8. The number of piperidine rings is 1. The van der Waals surface area contributed by atoms with Gasteiger partial charge in [0.2, 0.25) is 15.9 Å². The summed E-state index contributed by atoms with van der Waals surface area (Å²) in [5, 5.41) is 0. The minimum atomic E-state index is -4.13. The topological polar surface area (TPSA) is 92.5 Å². The van der Waals surface area contributed by atoms with E-state index in [1.807, 2.05) is 0 Å². The van der Waals surface area contributed by atoms with Crippen LogP contribution in [0.3, 0.4) is 0 Å². The van der Waals surface area contributed by atoms with Gasteiger partial charge in [0.05, 0.1) is 0 Å². The van der Waals surface area contributed by atoms with Crippen LogP contribution in [0, 0.1) is 17.7 Å². The highest BCUT2D eigenvalue weighted by molar-refractivity contribution is 7.89. The zero-order valence-corrected chi connectivity index (χ0v) is 15.4. The van der Waals surface area contributed by atoms with Gasteiger partial charge >= 0.3 is 0 Å². The first-order valence-corrected chi connectivity index (χ1v) is 10.00. The van der Waals surface area contributed by atoms with E-state index in [1.54, 1.807) is 18.7 Å². The van der Waals surface area contributed by atoms with E-state index in [2.05, 4.69) is 4.72 Å². The Morgan fingerprint density at radius 2 is 1.92 bits per heavy atom. The van der Waals surface area contributed by atoms with E-state index >= 15 is 0 Å². The lowest BCUT2D eigenvalue weighted by atomic mass is 9.95. The van der Waals surface area contributed by atoms with Crippen LogP contribution in [0.4, 0.5) is 4.39 Å². The van der Waals surface area contributed by atoms with Crippen molar-refractivity contribution in [1.82, 2.24) is 9.62 Å². The molecule has 0 radical (unpaired) electrons. The van der Waals surface area contributed by atoms with Gasteiger partial charge in [-0.05, 0) is 43.4 Å². The first-order chi connectivity index (χ1) is 11.8. The fraction of sp³-hybridized carbons (Fsp3) is 0.588. The Bertz CT molecular complexity index is 701. The van der Waals surface area contributed by atoms with Gasteiger partial charge in [0, 0.05) is 13.1 Å². The molecule has 8 heteroatoms. The summed E-state index contributed by atoms with van der Waals surface area (Å²) in [7, 11) is -4.13. The van der Waals surface area contributed by atoms with Gasteiger partial charge in [-0.25, -0.2) is 12.8 Å². The molecule has 0 saturated carbocycles. The quantitative estimate of drug-likeness (QED) is 0.789. The number of hydrogen-bond donors (Lipinski definition) is 2. The number of nitrogens with two attached hydrogens (primary N) is 1. The molecule has 1 aliphatic heterocycles. The molecule has 1 aromatic rings. The average Bonchev–Trinajstić information content (AvgIpc) is 2.59. The monoisotopic (exact) mass is 371 g/mol. The Kier molecular flexibility index (Phi) is 6.53. The molecule has 1 heterocycles. The zero-order valence-electron chi connectivity index (χ0n) is 14.6. The van der Waals surface area contributed by atoms with E-state index < -0.39 is 26.8 Å². The van der Waals surface area contributed by atoms with Gasteiger partial charge in [0.25, 0.3) is 0 Å². The molecule has 1 saturated heterocycles. The standard InChI is InChI=1S/C17H26FN3O3S/c1-12(2)16(17(22)21-9-7-13(11-19)8-10-21)20-25(23,24)15-6-4-3-5-14(15)18/h3-6,12-13,16,20H,7-11,19H2,1-2H3. The summed E-state index contributed by atoms with van der Waals surface area (Å²) in [4.78, 5) is 14.0. The van der Waals surface area contributed by atoms with Gasteiger partial charge in [-0.15, -0.1) is 0 Å². The predicted octanol–water partition coefficient (Wildman–Crippen LogP) is 1.33. The molecule has 1 amide bonds. The van der Waals surface area contributed by atoms with E-state index in [-0.39, 0.29) is 11.8 Å². The van der Waals surface area contributed by atoms with E-state index in [4.69, 9.17) is 5.73 Å². The fourth-order valence-electron chi connectivity index (χ4n) is 2.95. The molecule has 1 unspecified atom stereocenters. The van der Waals surface area contributed by atoms with E-state index in [0.717, 1.165) is 18.9 Å². The van der Waals surface area contributed by atoms with Crippen LogP contribution < -0.4 is 10.5 Å². The van der Waals surface area contributed by atoms with Gasteiger partial charge in [0.15, 0.2) is 0 Å². The van der Waals surface area contributed by atoms with Crippen molar-refractivity contribution in [1.29, 1.82) is 0 Å². The summed E-state index contributed by atoms with van der Waals surface area (Å²) in [6, 6.07) is 4.20. The summed E-state index contributed by atoms with van der Waals surface area (Å²) in [6.45, 7) is 5.24. The molecule has 6 nitrogen and oxygen atoms in total. The number of halogens is 1. The lowest BCUT2D eigenvalue weighted by molar-refractivity contribution is -0.135. The number of amides is 1. The molecule has 0 aliphatic carbocycles. The number of carbonyl (C=O) groups is 1. The first-order valence-electron chi connectivity index (χ1n) is 8.52. The van der Waals surface area contributed by atoms with Crippen LogP contribution in [0.15, 0.2) is 29.2 Å². The van der Waals surface area contributed by atoms with Crippen molar-refractivity contribution < 1.29 is 17.6 Å². The summed E-state index contributed by atoms with van der Waals surface area (Å²) in [6.07, 6.45) is 1.63. The second kappa shape index (κ2) is 8.25. The maximum Gasteiger partial charge on any atom is 0.244 e. The summed E-state index contributed by atoms with van der Waals surface area (Å²) >= 11 is 0. The van der Waals surface area contributed by atoms with Gasteiger partial charge in [-0.3, -0.25) is 4.79 Å². The molecule has 1 atom stereocenters. The van der Waals surface area contributed by atoms with Crippen molar-refractivity contribution in [2.45, 2.75) is 37.6 Å². The minimum Gasteiger partial charge on any atom is -0.341 e. The highest BCUT2D eigenvalue weighted by Crippen LogP contribution is 2.20. The SMILES string of the molecule is CC(C)C(NS(=O)(=O)c1ccccc1F)C(=O)N1CCC(CN)CC1. The molecule has 1 fully saturated rings.